The van der Waals surface area contributed by atoms with Gasteiger partial charge in [0.1, 0.15) is 17.5 Å². The van der Waals surface area contributed by atoms with Crippen molar-refractivity contribution in [3.63, 3.8) is 0 Å². The molecule has 1 aromatic heterocycles. The number of nitrogens with zero attached hydrogens (tertiary/aromatic N) is 4. The van der Waals surface area contributed by atoms with Gasteiger partial charge < -0.3 is 19.7 Å². The fraction of sp³-hybridized carbons (Fsp3) is 0.520. The van der Waals surface area contributed by atoms with Crippen molar-refractivity contribution in [3.8, 4) is 17.2 Å². The third kappa shape index (κ3) is 7.26. The highest BCUT2D eigenvalue weighted by molar-refractivity contribution is 5.82. The van der Waals surface area contributed by atoms with Crippen LogP contribution in [0.4, 0.5) is 9.18 Å². The molecular formula is C25H32FN5O4. The maximum atomic E-state index is 14.8. The van der Waals surface area contributed by atoms with Gasteiger partial charge >= 0.3 is 6.09 Å². The Morgan fingerprint density at radius 1 is 1.37 bits per heavy atom. The summed E-state index contributed by atoms with van der Waals surface area (Å²) in [5, 5.41) is 16.4. The van der Waals surface area contributed by atoms with Crippen LogP contribution < -0.4 is 5.32 Å². The number of hydrogen-bond acceptors (Lipinski definition) is 6. The minimum atomic E-state index is -0.965. The van der Waals surface area contributed by atoms with Crippen LogP contribution in [0.15, 0.2) is 30.6 Å². The Morgan fingerprint density at radius 2 is 2.14 bits per heavy atom. The second-order valence-corrected chi connectivity index (χ2v) is 9.42. The van der Waals surface area contributed by atoms with E-state index in [1.54, 1.807) is 43.8 Å². The lowest BCUT2D eigenvalue weighted by molar-refractivity contribution is -0.133. The SMILES string of the molecule is CCn1cc(-c2ccc(C[C@@H](C#N)NC(=O)[C@@H]3CN(C(=O)OC(C)(C)C)CCCO3)c(F)c2)cn1. The van der Waals surface area contributed by atoms with Crippen LogP contribution in [0.5, 0.6) is 0 Å². The first-order valence-electron chi connectivity index (χ1n) is 11.7. The number of rotatable bonds is 6. The van der Waals surface area contributed by atoms with Gasteiger partial charge in [-0.25, -0.2) is 9.18 Å². The van der Waals surface area contributed by atoms with Crippen molar-refractivity contribution in [1.29, 1.82) is 5.26 Å². The van der Waals surface area contributed by atoms with Crippen LogP contribution in [0, 0.1) is 17.1 Å². The number of ether oxygens (including phenoxy) is 2. The summed E-state index contributed by atoms with van der Waals surface area (Å²) in [6.45, 7) is 8.68. The highest BCUT2D eigenvalue weighted by atomic mass is 19.1. The Hall–Kier alpha value is -3.45. The molecule has 0 unspecified atom stereocenters. The second kappa shape index (κ2) is 11.3. The maximum absolute atomic E-state index is 14.8. The third-order valence-corrected chi connectivity index (χ3v) is 5.46. The molecule has 188 valence electrons. The lowest BCUT2D eigenvalue weighted by Crippen LogP contribution is -2.48. The number of halogens is 1. The number of aryl methyl sites for hydroxylation is 1. The molecule has 0 radical (unpaired) electrons. The summed E-state index contributed by atoms with van der Waals surface area (Å²) in [6, 6.07) is 5.82. The van der Waals surface area contributed by atoms with Crippen LogP contribution >= 0.6 is 0 Å². The Labute approximate surface area is 204 Å². The topological polar surface area (TPSA) is 109 Å². The fourth-order valence-electron chi connectivity index (χ4n) is 3.67. The Morgan fingerprint density at radius 3 is 2.77 bits per heavy atom. The Bertz CT molecular complexity index is 1090. The summed E-state index contributed by atoms with van der Waals surface area (Å²) in [6.07, 6.45) is 2.57. The number of nitriles is 1. The van der Waals surface area contributed by atoms with Crippen molar-refractivity contribution >= 4 is 12.0 Å². The van der Waals surface area contributed by atoms with Gasteiger partial charge in [0.05, 0.1) is 18.8 Å². The number of carbonyl (C=O) groups is 2. The monoisotopic (exact) mass is 485 g/mol. The van der Waals surface area contributed by atoms with E-state index in [4.69, 9.17) is 9.47 Å². The number of nitrogens with one attached hydrogen (secondary N) is 1. The lowest BCUT2D eigenvalue weighted by atomic mass is 10.0. The van der Waals surface area contributed by atoms with E-state index in [-0.39, 0.29) is 13.0 Å². The molecule has 3 rings (SSSR count). The zero-order valence-corrected chi connectivity index (χ0v) is 20.6. The van der Waals surface area contributed by atoms with Gasteiger partial charge in [0.25, 0.3) is 5.91 Å². The lowest BCUT2D eigenvalue weighted by Gasteiger charge is -2.27. The molecule has 2 aromatic rings. The molecule has 10 heteroatoms. The van der Waals surface area contributed by atoms with E-state index in [0.717, 1.165) is 5.56 Å². The molecule has 0 saturated carbocycles. The van der Waals surface area contributed by atoms with Crippen LogP contribution in [-0.2, 0) is 27.2 Å². The first kappa shape index (κ1) is 26.2. The number of hydrogen-bond donors (Lipinski definition) is 1. The normalized spacial score (nSPS) is 17.3. The Kier molecular flexibility index (Phi) is 8.46. The van der Waals surface area contributed by atoms with E-state index in [0.29, 0.717) is 37.2 Å². The van der Waals surface area contributed by atoms with Gasteiger partial charge in [-0.05, 0) is 51.3 Å². The van der Waals surface area contributed by atoms with E-state index >= 15 is 0 Å². The summed E-state index contributed by atoms with van der Waals surface area (Å²) in [5.41, 5.74) is 1.12. The van der Waals surface area contributed by atoms with Gasteiger partial charge in [0.15, 0.2) is 6.10 Å². The van der Waals surface area contributed by atoms with Crippen LogP contribution in [0.1, 0.15) is 39.7 Å². The van der Waals surface area contributed by atoms with Crippen LogP contribution in [0.2, 0.25) is 0 Å². The molecule has 35 heavy (non-hydrogen) atoms. The van der Waals surface area contributed by atoms with Crippen molar-refractivity contribution < 1.29 is 23.5 Å². The molecule has 1 aromatic carbocycles. The molecule has 0 aliphatic carbocycles. The van der Waals surface area contributed by atoms with Crippen molar-refractivity contribution in [2.24, 2.45) is 0 Å². The van der Waals surface area contributed by atoms with Crippen LogP contribution in [0.25, 0.3) is 11.1 Å². The van der Waals surface area contributed by atoms with E-state index in [2.05, 4.69) is 10.4 Å². The molecule has 1 aliphatic heterocycles. The van der Waals surface area contributed by atoms with Gasteiger partial charge in [0, 0.05) is 37.9 Å². The highest BCUT2D eigenvalue weighted by Crippen LogP contribution is 2.22. The molecule has 1 saturated heterocycles. The van der Waals surface area contributed by atoms with E-state index < -0.39 is 35.6 Å². The molecular weight excluding hydrogens is 453 g/mol. The van der Waals surface area contributed by atoms with E-state index in [9.17, 15) is 19.2 Å². The quantitative estimate of drug-likeness (QED) is 0.673. The molecule has 1 N–H and O–H groups in total. The smallest absolute Gasteiger partial charge is 0.410 e. The van der Waals surface area contributed by atoms with Crippen LogP contribution in [-0.4, -0.2) is 64.1 Å². The number of carbonyl (C=O) groups excluding carboxylic acids is 2. The maximum Gasteiger partial charge on any atom is 0.410 e. The number of amides is 2. The molecule has 2 amide bonds. The fourth-order valence-corrected chi connectivity index (χ4v) is 3.67. The minimum absolute atomic E-state index is 0.00734. The van der Waals surface area contributed by atoms with Crippen LogP contribution in [0.3, 0.4) is 0 Å². The first-order chi connectivity index (χ1) is 16.6. The molecule has 2 heterocycles. The van der Waals surface area contributed by atoms with Gasteiger partial charge in [-0.3, -0.25) is 9.48 Å². The zero-order valence-electron chi connectivity index (χ0n) is 20.6. The van der Waals surface area contributed by atoms with Gasteiger partial charge in [-0.2, -0.15) is 10.4 Å². The minimum Gasteiger partial charge on any atom is -0.444 e. The van der Waals surface area contributed by atoms with E-state index in [1.165, 1.54) is 11.0 Å². The Balaban J connectivity index is 1.63. The number of aromatic nitrogens is 2. The van der Waals surface area contributed by atoms with Gasteiger partial charge in [-0.15, -0.1) is 0 Å². The average Bonchev–Trinajstić information content (AvgIpc) is 3.14. The predicted molar refractivity (Wildman–Crippen MR) is 127 cm³/mol. The zero-order chi connectivity index (χ0) is 25.6. The van der Waals surface area contributed by atoms with E-state index in [1.807, 2.05) is 19.2 Å². The molecule has 9 nitrogen and oxygen atoms in total. The average molecular weight is 486 g/mol. The third-order valence-electron chi connectivity index (χ3n) is 5.46. The molecule has 1 aliphatic rings. The van der Waals surface area contributed by atoms with Crippen molar-refractivity contribution in [2.45, 2.75) is 64.8 Å². The highest BCUT2D eigenvalue weighted by Gasteiger charge is 2.31. The predicted octanol–water partition coefficient (Wildman–Crippen LogP) is 3.29. The standard InChI is InChI=1S/C25H32FN5O4/c1-5-31-15-19(14-28-31)17-7-8-18(21(26)12-17)11-20(13-27)29-23(32)22-16-30(9-6-10-34-22)24(33)35-25(2,3)4/h7-8,12,14-15,20,22H,5-6,9-11,16H2,1-4H3,(H,29,32)/t20-,22-/m0/s1. The summed E-state index contributed by atoms with van der Waals surface area (Å²) in [7, 11) is 0. The van der Waals surface area contributed by atoms with Gasteiger partial charge in [-0.1, -0.05) is 12.1 Å². The molecule has 0 bridgehead atoms. The largest absolute Gasteiger partial charge is 0.444 e. The summed E-state index contributed by atoms with van der Waals surface area (Å²) >= 11 is 0. The molecule has 0 spiro atoms. The van der Waals surface area contributed by atoms with Gasteiger partial charge in [0.2, 0.25) is 0 Å². The summed E-state index contributed by atoms with van der Waals surface area (Å²) in [4.78, 5) is 26.7. The van der Waals surface area contributed by atoms with Crippen molar-refractivity contribution in [1.82, 2.24) is 20.0 Å². The summed E-state index contributed by atoms with van der Waals surface area (Å²) < 4.78 is 27.6. The van der Waals surface area contributed by atoms with Crippen molar-refractivity contribution in [3.05, 3.63) is 42.0 Å². The summed E-state index contributed by atoms with van der Waals surface area (Å²) in [5.74, 6) is -1.00. The second-order valence-electron chi connectivity index (χ2n) is 9.42. The number of benzene rings is 1. The first-order valence-corrected chi connectivity index (χ1v) is 11.7. The molecule has 2 atom stereocenters. The molecule has 1 fully saturated rings. The van der Waals surface area contributed by atoms with Crippen molar-refractivity contribution in [2.75, 3.05) is 19.7 Å².